The Labute approximate surface area is 267 Å². The zero-order valence-corrected chi connectivity index (χ0v) is 28.5. The predicted octanol–water partition coefficient (Wildman–Crippen LogP) is 11.6. The van der Waals surface area contributed by atoms with Gasteiger partial charge in [-0.3, -0.25) is 4.79 Å². The molecule has 0 aromatic rings. The van der Waals surface area contributed by atoms with Crippen molar-refractivity contribution in [3.63, 3.8) is 0 Å². The highest BCUT2D eigenvalue weighted by Gasteiger charge is 2.19. The first-order chi connectivity index (χ1) is 21.1. The lowest BCUT2D eigenvalue weighted by Gasteiger charge is -2.08. The minimum absolute atomic E-state index is 0.257. The highest BCUT2D eigenvalue weighted by molar-refractivity contribution is 5.80. The summed E-state index contributed by atoms with van der Waals surface area (Å²) in [6.07, 6.45) is 43.0. The van der Waals surface area contributed by atoms with Crippen molar-refractivity contribution < 1.29 is 24.5 Å². The molecule has 0 aliphatic heterocycles. The van der Waals surface area contributed by atoms with Gasteiger partial charge >= 0.3 is 11.9 Å². The molecule has 0 aliphatic rings. The van der Waals surface area contributed by atoms with Crippen molar-refractivity contribution in [3.8, 4) is 0 Å². The largest absolute Gasteiger partial charge is 0.481 e. The van der Waals surface area contributed by atoms with Crippen LogP contribution in [0.5, 0.6) is 0 Å². The first kappa shape index (κ1) is 41.6. The Morgan fingerprint density at radius 1 is 0.512 bits per heavy atom. The Bertz CT molecular complexity index is 617. The van der Waals surface area contributed by atoms with Crippen LogP contribution in [0.3, 0.4) is 0 Å². The second-order valence-corrected chi connectivity index (χ2v) is 12.9. The molecule has 0 aliphatic carbocycles. The van der Waals surface area contributed by atoms with E-state index in [0.717, 1.165) is 19.3 Å². The molecular formula is C38H72O5. The lowest BCUT2D eigenvalue weighted by Crippen LogP contribution is -2.26. The molecule has 254 valence electrons. The van der Waals surface area contributed by atoms with E-state index in [1.54, 1.807) is 0 Å². The molecule has 1 unspecified atom stereocenters. The van der Waals surface area contributed by atoms with Crippen LogP contribution in [0.25, 0.3) is 0 Å². The van der Waals surface area contributed by atoms with Gasteiger partial charge in [-0.2, -0.15) is 0 Å². The summed E-state index contributed by atoms with van der Waals surface area (Å²) in [5.41, 5.74) is 0. The summed E-state index contributed by atoms with van der Waals surface area (Å²) in [5, 5.41) is 17.9. The van der Waals surface area contributed by atoms with Gasteiger partial charge in [-0.25, -0.2) is 4.79 Å². The van der Waals surface area contributed by atoms with Crippen LogP contribution < -0.4 is 0 Å². The standard InChI is InChI=1S/C38H72O5/c1-2-3-4-5-6-7-8-9-10-11-12-13-14-15-16-17-18-19-20-21-22-23-24-25-26-27-28-29-30-31-32-33-34-43-38(42)36(39)35-37(40)41/h9-10,36,39H,2-8,11-35H2,1H3,(H,40,41). The van der Waals surface area contributed by atoms with Crippen LogP contribution >= 0.6 is 0 Å². The molecule has 5 heteroatoms. The quantitative estimate of drug-likeness (QED) is 0.0425. The van der Waals surface area contributed by atoms with Gasteiger partial charge in [0.05, 0.1) is 13.0 Å². The highest BCUT2D eigenvalue weighted by Crippen LogP contribution is 2.16. The summed E-state index contributed by atoms with van der Waals surface area (Å²) in [6.45, 7) is 2.54. The lowest BCUT2D eigenvalue weighted by molar-refractivity contribution is -0.158. The van der Waals surface area contributed by atoms with Crippen molar-refractivity contribution in [2.75, 3.05) is 6.61 Å². The first-order valence-electron chi connectivity index (χ1n) is 18.8. The van der Waals surface area contributed by atoms with Crippen molar-refractivity contribution >= 4 is 11.9 Å². The number of aliphatic hydroxyl groups is 1. The molecule has 2 N–H and O–H groups in total. The normalized spacial score (nSPS) is 12.2. The van der Waals surface area contributed by atoms with Gasteiger partial charge in [0.25, 0.3) is 0 Å². The van der Waals surface area contributed by atoms with Crippen LogP contribution in [-0.4, -0.2) is 34.9 Å². The number of ether oxygens (including phenoxy) is 1. The summed E-state index contributed by atoms with van der Waals surface area (Å²) in [4.78, 5) is 21.9. The van der Waals surface area contributed by atoms with Gasteiger partial charge < -0.3 is 14.9 Å². The third-order valence-electron chi connectivity index (χ3n) is 8.54. The van der Waals surface area contributed by atoms with Gasteiger partial charge in [-0.15, -0.1) is 0 Å². The predicted molar refractivity (Wildman–Crippen MR) is 183 cm³/mol. The van der Waals surface area contributed by atoms with Crippen LogP contribution in [0, 0.1) is 0 Å². The first-order valence-corrected chi connectivity index (χ1v) is 18.8. The highest BCUT2D eigenvalue weighted by atomic mass is 16.5. The number of hydrogen-bond acceptors (Lipinski definition) is 4. The fourth-order valence-electron chi connectivity index (χ4n) is 5.70. The monoisotopic (exact) mass is 609 g/mol. The van der Waals surface area contributed by atoms with Crippen molar-refractivity contribution in [1.82, 2.24) is 0 Å². The zero-order valence-electron chi connectivity index (χ0n) is 28.5. The summed E-state index contributed by atoms with van der Waals surface area (Å²) >= 11 is 0. The third kappa shape index (κ3) is 35.0. The minimum atomic E-state index is -1.56. The summed E-state index contributed by atoms with van der Waals surface area (Å²) in [6, 6.07) is 0. The van der Waals surface area contributed by atoms with Gasteiger partial charge in [0.2, 0.25) is 0 Å². The number of carbonyl (C=O) groups is 2. The lowest BCUT2D eigenvalue weighted by atomic mass is 10.0. The molecule has 0 spiro atoms. The number of allylic oxidation sites excluding steroid dienone is 2. The van der Waals surface area contributed by atoms with E-state index in [2.05, 4.69) is 19.1 Å². The van der Waals surface area contributed by atoms with Gasteiger partial charge in [0.1, 0.15) is 0 Å². The molecular weight excluding hydrogens is 536 g/mol. The van der Waals surface area contributed by atoms with E-state index in [1.807, 2.05) is 0 Å². The van der Waals surface area contributed by atoms with Crippen molar-refractivity contribution in [2.24, 2.45) is 0 Å². The maximum atomic E-state index is 11.4. The molecule has 0 fully saturated rings. The SMILES string of the molecule is CCCCCCCCC=CCCCCCCCCCCCCCCCCCCCCCCCCOC(=O)C(O)CC(=O)O. The molecule has 5 nitrogen and oxygen atoms in total. The summed E-state index contributed by atoms with van der Waals surface area (Å²) < 4.78 is 4.92. The van der Waals surface area contributed by atoms with Crippen LogP contribution in [0.15, 0.2) is 12.2 Å². The van der Waals surface area contributed by atoms with Gasteiger partial charge in [-0.1, -0.05) is 180 Å². The van der Waals surface area contributed by atoms with E-state index in [9.17, 15) is 14.7 Å². The molecule has 0 rings (SSSR count). The molecule has 0 amide bonds. The van der Waals surface area contributed by atoms with Crippen molar-refractivity contribution in [1.29, 1.82) is 0 Å². The maximum Gasteiger partial charge on any atom is 0.335 e. The third-order valence-corrected chi connectivity index (χ3v) is 8.54. The number of rotatable bonds is 35. The van der Waals surface area contributed by atoms with Gasteiger partial charge in [0, 0.05) is 0 Å². The average Bonchev–Trinajstić information content (AvgIpc) is 2.99. The maximum absolute atomic E-state index is 11.4. The van der Waals surface area contributed by atoms with E-state index in [4.69, 9.17) is 9.84 Å². The number of carboxylic acid groups (broad SMARTS) is 1. The van der Waals surface area contributed by atoms with E-state index in [0.29, 0.717) is 0 Å². The fourth-order valence-corrected chi connectivity index (χ4v) is 5.70. The van der Waals surface area contributed by atoms with Crippen LogP contribution in [0.1, 0.15) is 206 Å². The molecule has 0 aromatic carbocycles. The Hall–Kier alpha value is -1.36. The Kier molecular flexibility index (Phi) is 34.0. The van der Waals surface area contributed by atoms with Crippen molar-refractivity contribution in [2.45, 2.75) is 212 Å². The Morgan fingerprint density at radius 2 is 0.814 bits per heavy atom. The van der Waals surface area contributed by atoms with E-state index >= 15 is 0 Å². The molecule has 1 atom stereocenters. The fraction of sp³-hybridized carbons (Fsp3) is 0.895. The number of hydrogen-bond donors (Lipinski definition) is 2. The van der Waals surface area contributed by atoms with Crippen LogP contribution in [0.4, 0.5) is 0 Å². The number of carbonyl (C=O) groups excluding carboxylic acids is 1. The van der Waals surface area contributed by atoms with Gasteiger partial charge in [-0.05, 0) is 32.1 Å². The number of aliphatic hydroxyl groups excluding tert-OH is 1. The topological polar surface area (TPSA) is 83.8 Å². The zero-order chi connectivity index (χ0) is 31.5. The van der Waals surface area contributed by atoms with E-state index < -0.39 is 24.5 Å². The molecule has 0 radical (unpaired) electrons. The summed E-state index contributed by atoms with van der Waals surface area (Å²) in [5.74, 6) is -2.04. The molecule has 0 bridgehead atoms. The molecule has 0 saturated heterocycles. The Balaban J connectivity index is 3.15. The average molecular weight is 609 g/mol. The molecule has 0 saturated carbocycles. The minimum Gasteiger partial charge on any atom is -0.481 e. The molecule has 0 aromatic heterocycles. The second-order valence-electron chi connectivity index (χ2n) is 12.9. The smallest absolute Gasteiger partial charge is 0.335 e. The van der Waals surface area contributed by atoms with E-state index in [-0.39, 0.29) is 6.61 Å². The van der Waals surface area contributed by atoms with E-state index in [1.165, 1.54) is 173 Å². The number of esters is 1. The number of unbranched alkanes of at least 4 members (excludes halogenated alkanes) is 28. The number of carboxylic acids is 1. The number of aliphatic carboxylic acids is 1. The molecule has 43 heavy (non-hydrogen) atoms. The van der Waals surface area contributed by atoms with Crippen LogP contribution in [0.2, 0.25) is 0 Å². The summed E-state index contributed by atoms with van der Waals surface area (Å²) in [7, 11) is 0. The van der Waals surface area contributed by atoms with Gasteiger partial charge in [0.15, 0.2) is 6.10 Å². The Morgan fingerprint density at radius 3 is 1.14 bits per heavy atom. The van der Waals surface area contributed by atoms with Crippen LogP contribution in [-0.2, 0) is 14.3 Å². The second kappa shape index (κ2) is 35.1. The molecule has 0 heterocycles. The van der Waals surface area contributed by atoms with Crippen molar-refractivity contribution in [3.05, 3.63) is 12.2 Å².